The second kappa shape index (κ2) is 7.85. The Labute approximate surface area is 166 Å². The molecule has 142 valence electrons. The van der Waals surface area contributed by atoms with Gasteiger partial charge in [-0.15, -0.1) is 5.11 Å². The number of nitrogens with zero attached hydrogens (tertiary/aromatic N) is 5. The highest BCUT2D eigenvalue weighted by Crippen LogP contribution is 2.32. The molecule has 0 saturated heterocycles. The van der Waals surface area contributed by atoms with Crippen molar-refractivity contribution in [2.45, 2.75) is 0 Å². The van der Waals surface area contributed by atoms with E-state index in [-0.39, 0.29) is 11.4 Å². The van der Waals surface area contributed by atoms with Crippen LogP contribution >= 0.6 is 0 Å². The molecule has 7 nitrogen and oxygen atoms in total. The Balaban J connectivity index is 1.60. The second-order valence-electron chi connectivity index (χ2n) is 6.33. The van der Waals surface area contributed by atoms with Crippen molar-refractivity contribution in [2.24, 2.45) is 27.5 Å². The van der Waals surface area contributed by atoms with Gasteiger partial charge in [-0.2, -0.15) is 15.3 Å². The summed E-state index contributed by atoms with van der Waals surface area (Å²) in [5.74, 6) is -0.180. The zero-order valence-electron chi connectivity index (χ0n) is 15.6. The highest BCUT2D eigenvalue weighted by Gasteiger charge is 2.13. The van der Waals surface area contributed by atoms with Crippen molar-refractivity contribution in [2.75, 3.05) is 0 Å². The molecule has 0 aliphatic rings. The summed E-state index contributed by atoms with van der Waals surface area (Å²) in [6.07, 6.45) is 0. The minimum Gasteiger partial charge on any atom is -0.505 e. The topological polar surface area (TPSA) is 91.7 Å². The lowest BCUT2D eigenvalue weighted by Gasteiger charge is -2.08. The van der Waals surface area contributed by atoms with Gasteiger partial charge < -0.3 is 9.67 Å². The van der Waals surface area contributed by atoms with Crippen LogP contribution in [-0.2, 0) is 7.05 Å². The van der Waals surface area contributed by atoms with Gasteiger partial charge in [0.25, 0.3) is 5.56 Å². The lowest BCUT2D eigenvalue weighted by Crippen LogP contribution is -2.16. The van der Waals surface area contributed by atoms with Crippen LogP contribution in [0.1, 0.15) is 0 Å². The molecule has 0 aliphatic carbocycles. The van der Waals surface area contributed by atoms with E-state index in [9.17, 15) is 9.90 Å². The summed E-state index contributed by atoms with van der Waals surface area (Å²) in [6, 6.07) is 23.4. The fourth-order valence-electron chi connectivity index (χ4n) is 2.86. The highest BCUT2D eigenvalue weighted by atomic mass is 16.3. The van der Waals surface area contributed by atoms with Crippen molar-refractivity contribution >= 4 is 33.7 Å². The smallest absolute Gasteiger partial charge is 0.282 e. The van der Waals surface area contributed by atoms with Crippen LogP contribution in [0.4, 0.5) is 22.7 Å². The average molecular weight is 383 g/mol. The molecule has 29 heavy (non-hydrogen) atoms. The van der Waals surface area contributed by atoms with Crippen LogP contribution < -0.4 is 5.56 Å². The quantitative estimate of drug-likeness (QED) is 0.433. The van der Waals surface area contributed by atoms with Crippen LogP contribution in [0.25, 0.3) is 10.9 Å². The van der Waals surface area contributed by atoms with E-state index in [0.717, 1.165) is 5.69 Å². The predicted octanol–water partition coefficient (Wildman–Crippen LogP) is 6.07. The first-order chi connectivity index (χ1) is 14.1. The third-order valence-corrected chi connectivity index (χ3v) is 4.40. The molecule has 7 heteroatoms. The van der Waals surface area contributed by atoms with E-state index in [4.69, 9.17) is 0 Å². The minimum absolute atomic E-state index is 0.0981. The number of para-hydroxylation sites is 1. The van der Waals surface area contributed by atoms with Crippen LogP contribution in [0.5, 0.6) is 5.75 Å². The van der Waals surface area contributed by atoms with Crippen molar-refractivity contribution in [1.29, 1.82) is 0 Å². The number of aromatic hydroxyl groups is 1. The SMILES string of the molecule is Cn1c(=O)c(N=Nc2ccc(N=Nc3ccccc3)cc2)c(O)c2ccccc21. The van der Waals surface area contributed by atoms with Crippen LogP contribution in [0.2, 0.25) is 0 Å². The molecular weight excluding hydrogens is 366 g/mol. The molecule has 1 N–H and O–H groups in total. The van der Waals surface area contributed by atoms with E-state index in [0.29, 0.717) is 22.3 Å². The Bertz CT molecular complexity index is 1280. The number of hydrogen-bond donors (Lipinski definition) is 1. The largest absolute Gasteiger partial charge is 0.505 e. The van der Waals surface area contributed by atoms with Crippen LogP contribution in [0.15, 0.2) is 104 Å². The molecule has 0 radical (unpaired) electrons. The first-order valence-electron chi connectivity index (χ1n) is 8.93. The molecule has 1 heterocycles. The van der Waals surface area contributed by atoms with Crippen molar-refractivity contribution in [3.8, 4) is 5.75 Å². The van der Waals surface area contributed by atoms with Gasteiger partial charge >= 0.3 is 0 Å². The summed E-state index contributed by atoms with van der Waals surface area (Å²) in [5.41, 5.74) is 2.06. The molecule has 0 amide bonds. The lowest BCUT2D eigenvalue weighted by molar-refractivity contribution is 0.480. The third-order valence-electron chi connectivity index (χ3n) is 4.40. The Morgan fingerprint density at radius 3 is 1.86 bits per heavy atom. The first kappa shape index (κ1) is 18.2. The minimum atomic E-state index is -0.418. The molecule has 4 rings (SSSR count). The molecular formula is C22H17N5O2. The first-order valence-corrected chi connectivity index (χ1v) is 8.93. The normalized spacial score (nSPS) is 11.6. The number of aryl methyl sites for hydroxylation is 1. The number of pyridine rings is 1. The molecule has 4 aromatic rings. The van der Waals surface area contributed by atoms with Gasteiger partial charge in [0.2, 0.25) is 0 Å². The van der Waals surface area contributed by atoms with Gasteiger partial charge in [-0.1, -0.05) is 30.3 Å². The lowest BCUT2D eigenvalue weighted by atomic mass is 10.2. The molecule has 1 aromatic heterocycles. The number of fused-ring (bicyclic) bond motifs is 1. The molecule has 0 spiro atoms. The van der Waals surface area contributed by atoms with E-state index >= 15 is 0 Å². The van der Waals surface area contributed by atoms with Crippen molar-refractivity contribution in [1.82, 2.24) is 4.57 Å². The van der Waals surface area contributed by atoms with Crippen molar-refractivity contribution in [3.05, 3.63) is 89.2 Å². The fraction of sp³-hybridized carbons (Fsp3) is 0.0455. The van der Waals surface area contributed by atoms with Gasteiger partial charge in [0.05, 0.1) is 22.6 Å². The molecule has 0 bridgehead atoms. The Hall–Kier alpha value is -4.13. The maximum absolute atomic E-state index is 12.5. The summed E-state index contributed by atoms with van der Waals surface area (Å²) in [7, 11) is 1.63. The number of aromatic nitrogens is 1. The van der Waals surface area contributed by atoms with Gasteiger partial charge in [-0.05, 0) is 48.5 Å². The Morgan fingerprint density at radius 2 is 1.21 bits per heavy atom. The standard InChI is InChI=1S/C22H17N5O2/c1-27-19-10-6-5-9-18(19)21(28)20(22(27)29)26-25-17-13-11-16(12-14-17)24-23-15-7-3-2-4-8-15/h2-14,28H,1H3. The molecule has 0 aliphatic heterocycles. The molecule has 0 atom stereocenters. The summed E-state index contributed by atoms with van der Waals surface area (Å²) >= 11 is 0. The van der Waals surface area contributed by atoms with Gasteiger partial charge in [0.15, 0.2) is 11.4 Å². The fourth-order valence-corrected chi connectivity index (χ4v) is 2.86. The maximum atomic E-state index is 12.5. The highest BCUT2D eigenvalue weighted by molar-refractivity contribution is 5.89. The van der Waals surface area contributed by atoms with Crippen molar-refractivity contribution in [3.63, 3.8) is 0 Å². The maximum Gasteiger partial charge on any atom is 0.282 e. The van der Waals surface area contributed by atoms with E-state index < -0.39 is 5.56 Å². The van der Waals surface area contributed by atoms with Crippen LogP contribution in [-0.4, -0.2) is 9.67 Å². The monoisotopic (exact) mass is 383 g/mol. The number of benzene rings is 3. The summed E-state index contributed by atoms with van der Waals surface area (Å²) in [6.45, 7) is 0. The number of rotatable bonds is 4. The number of azo groups is 2. The van der Waals surface area contributed by atoms with Crippen LogP contribution in [0.3, 0.4) is 0 Å². The van der Waals surface area contributed by atoms with Gasteiger partial charge in [-0.3, -0.25) is 4.79 Å². The van der Waals surface area contributed by atoms with E-state index in [1.807, 2.05) is 30.3 Å². The molecule has 0 fully saturated rings. The third kappa shape index (κ3) is 3.79. The van der Waals surface area contributed by atoms with Crippen LogP contribution in [0, 0.1) is 0 Å². The van der Waals surface area contributed by atoms with E-state index in [1.165, 1.54) is 4.57 Å². The van der Waals surface area contributed by atoms with E-state index in [2.05, 4.69) is 20.5 Å². The average Bonchev–Trinajstić information content (AvgIpc) is 2.77. The van der Waals surface area contributed by atoms with Gasteiger partial charge in [0.1, 0.15) is 0 Å². The summed E-state index contributed by atoms with van der Waals surface area (Å²) < 4.78 is 1.44. The van der Waals surface area contributed by atoms with Gasteiger partial charge in [0, 0.05) is 12.4 Å². The zero-order valence-corrected chi connectivity index (χ0v) is 15.6. The number of hydrogen-bond acceptors (Lipinski definition) is 6. The van der Waals surface area contributed by atoms with E-state index in [1.54, 1.807) is 55.6 Å². The second-order valence-corrected chi connectivity index (χ2v) is 6.33. The summed E-state index contributed by atoms with van der Waals surface area (Å²) in [5, 5.41) is 27.4. The van der Waals surface area contributed by atoms with Crippen molar-refractivity contribution < 1.29 is 5.11 Å². The Morgan fingerprint density at radius 1 is 0.690 bits per heavy atom. The molecule has 0 saturated carbocycles. The molecule has 0 unspecified atom stereocenters. The van der Waals surface area contributed by atoms with Gasteiger partial charge in [-0.25, -0.2) is 0 Å². The Kier molecular flexibility index (Phi) is 4.94. The molecule has 3 aromatic carbocycles. The predicted molar refractivity (Wildman–Crippen MR) is 112 cm³/mol. The summed E-state index contributed by atoms with van der Waals surface area (Å²) in [4.78, 5) is 12.5. The zero-order chi connectivity index (χ0) is 20.2.